The van der Waals surface area contributed by atoms with E-state index < -0.39 is 35.6 Å². The summed E-state index contributed by atoms with van der Waals surface area (Å²) in [5.74, 6) is -1.26. The molecule has 2 aromatic heterocycles. The van der Waals surface area contributed by atoms with E-state index >= 15 is 0 Å². The van der Waals surface area contributed by atoms with E-state index in [1.165, 1.54) is 7.11 Å². The van der Waals surface area contributed by atoms with Gasteiger partial charge in [-0.2, -0.15) is 23.4 Å². The van der Waals surface area contributed by atoms with Crippen LogP contribution in [0, 0.1) is 23.2 Å². The molecule has 7 rings (SSSR count). The molecule has 11 nitrogen and oxygen atoms in total. The molecule has 2 aliphatic carbocycles. The minimum atomic E-state index is -4.78. The molecule has 1 saturated carbocycles. The fourth-order valence-corrected chi connectivity index (χ4v) is 8.37. The molecular weight excluding hydrogens is 763 g/mol. The largest absolute Gasteiger partial charge is 0.481 e. The number of fused-ring (bicyclic) bond motifs is 1. The highest BCUT2D eigenvalue weighted by Crippen LogP contribution is 2.46. The number of hydrogen-bond donors (Lipinski definition) is 2. The summed E-state index contributed by atoms with van der Waals surface area (Å²) in [6.07, 6.45) is -2.15. The van der Waals surface area contributed by atoms with Gasteiger partial charge in [0.2, 0.25) is 17.6 Å². The van der Waals surface area contributed by atoms with Crippen LogP contribution in [0.3, 0.4) is 0 Å². The number of nitrogens with one attached hydrogen (secondary N) is 1. The number of carboxylic acids is 1. The van der Waals surface area contributed by atoms with Gasteiger partial charge in [0.05, 0.1) is 23.7 Å². The number of halogens is 4. The number of rotatable bonds is 14. The number of likely N-dealkylation sites (tertiary alicyclic amines) is 1. The van der Waals surface area contributed by atoms with Crippen molar-refractivity contribution in [1.82, 2.24) is 20.2 Å². The molecule has 0 bridgehead atoms. The molecule has 3 atom stereocenters. The van der Waals surface area contributed by atoms with Crippen LogP contribution >= 0.6 is 11.6 Å². The number of aromatic nitrogens is 2. The lowest BCUT2D eigenvalue weighted by Gasteiger charge is -2.22. The van der Waals surface area contributed by atoms with E-state index in [0.717, 1.165) is 29.2 Å². The zero-order valence-corrected chi connectivity index (χ0v) is 32.0. The molecule has 4 aromatic rings. The first-order valence-electron chi connectivity index (χ1n) is 18.8. The average Bonchev–Trinajstić information content (AvgIpc) is 3.95. The Morgan fingerprint density at radius 3 is 2.53 bits per heavy atom. The number of methoxy groups -OCH3 is 1. The second kappa shape index (κ2) is 17.1. The second-order valence-corrected chi connectivity index (χ2v) is 15.0. The fourth-order valence-electron chi connectivity index (χ4n) is 8.04. The maximum Gasteiger partial charge on any atom is 0.421 e. The molecule has 57 heavy (non-hydrogen) atoms. The third-order valence-electron chi connectivity index (χ3n) is 10.9. The Hall–Kier alpha value is -5.23. The molecule has 0 spiro atoms. The van der Waals surface area contributed by atoms with E-state index in [9.17, 15) is 33.1 Å². The van der Waals surface area contributed by atoms with Gasteiger partial charge in [0, 0.05) is 54.7 Å². The summed E-state index contributed by atoms with van der Waals surface area (Å²) in [7, 11) is 1.33. The SMILES string of the molecule is COc1nc(O[C@H]2CCc3c(-c4cccc(-c5ccc(CNC[C@@H]6CCC(=O)C6)c(OCC#N)n5)c4Cl)cccc32)c(C(F)(F)F)cc1CN1CC[C@@H](C(=O)O)C1. The topological polar surface area (TPSA) is 147 Å². The number of carbonyl (C=O) groups excluding carboxylic acids is 1. The van der Waals surface area contributed by atoms with E-state index in [2.05, 4.69) is 10.3 Å². The van der Waals surface area contributed by atoms with Gasteiger partial charge < -0.3 is 24.6 Å². The number of nitriles is 1. The van der Waals surface area contributed by atoms with Crippen molar-refractivity contribution < 1.29 is 42.1 Å². The summed E-state index contributed by atoms with van der Waals surface area (Å²) in [6, 6.07) is 17.8. The van der Waals surface area contributed by atoms with Crippen molar-refractivity contribution in [1.29, 1.82) is 5.26 Å². The minimum absolute atomic E-state index is 0.0202. The summed E-state index contributed by atoms with van der Waals surface area (Å²) in [6.45, 7) is 1.63. The normalized spacial score (nSPS) is 19.4. The van der Waals surface area contributed by atoms with Gasteiger partial charge >= 0.3 is 12.1 Å². The number of nitrogens with zero attached hydrogens (tertiary/aromatic N) is 4. The van der Waals surface area contributed by atoms with Crippen LogP contribution in [-0.4, -0.2) is 65.1 Å². The van der Waals surface area contributed by atoms with Gasteiger partial charge in [-0.25, -0.2) is 4.98 Å². The number of ketones is 1. The molecule has 2 aromatic carbocycles. The lowest BCUT2D eigenvalue weighted by Crippen LogP contribution is -2.24. The number of carboxylic acid groups (broad SMARTS) is 1. The van der Waals surface area contributed by atoms with Crippen molar-refractivity contribution in [2.24, 2.45) is 11.8 Å². The summed E-state index contributed by atoms with van der Waals surface area (Å²) in [5, 5.41) is 22.4. The second-order valence-electron chi connectivity index (χ2n) is 14.6. The monoisotopic (exact) mass is 803 g/mol. The summed E-state index contributed by atoms with van der Waals surface area (Å²) >= 11 is 7.13. The van der Waals surface area contributed by atoms with Gasteiger partial charge in [0.25, 0.3) is 0 Å². The van der Waals surface area contributed by atoms with Crippen LogP contribution in [0.25, 0.3) is 22.4 Å². The number of ether oxygens (including phenoxy) is 3. The van der Waals surface area contributed by atoms with Crippen molar-refractivity contribution in [2.45, 2.75) is 63.9 Å². The third kappa shape index (κ3) is 8.86. The first kappa shape index (κ1) is 40.0. The van der Waals surface area contributed by atoms with Gasteiger partial charge in [0.15, 0.2) is 6.61 Å². The molecule has 1 aliphatic heterocycles. The Morgan fingerprint density at radius 2 is 1.81 bits per heavy atom. The maximum absolute atomic E-state index is 14.5. The Labute approximate surface area is 332 Å². The number of aliphatic carboxylic acids is 1. The zero-order valence-electron chi connectivity index (χ0n) is 31.2. The Kier molecular flexibility index (Phi) is 12.0. The van der Waals surface area contributed by atoms with E-state index in [4.69, 9.17) is 30.8 Å². The fraction of sp³-hybridized carbons (Fsp3) is 0.405. The van der Waals surface area contributed by atoms with Crippen LogP contribution in [0.2, 0.25) is 5.02 Å². The van der Waals surface area contributed by atoms with Crippen LogP contribution in [0.5, 0.6) is 17.6 Å². The highest BCUT2D eigenvalue weighted by Gasteiger charge is 2.39. The zero-order chi connectivity index (χ0) is 40.3. The molecule has 15 heteroatoms. The van der Waals surface area contributed by atoms with Crippen LogP contribution in [0.4, 0.5) is 13.2 Å². The average molecular weight is 804 g/mol. The van der Waals surface area contributed by atoms with Crippen molar-refractivity contribution in [3.63, 3.8) is 0 Å². The van der Waals surface area contributed by atoms with Gasteiger partial charge in [-0.3, -0.25) is 14.5 Å². The first-order valence-corrected chi connectivity index (χ1v) is 19.2. The minimum Gasteiger partial charge on any atom is -0.481 e. The predicted octanol–water partition coefficient (Wildman–Crippen LogP) is 7.83. The molecule has 1 saturated heterocycles. The number of hydrogen-bond acceptors (Lipinski definition) is 10. The molecule has 0 unspecified atom stereocenters. The molecule has 3 aliphatic rings. The van der Waals surface area contributed by atoms with Crippen LogP contribution in [0.1, 0.15) is 66.0 Å². The van der Waals surface area contributed by atoms with E-state index in [1.807, 2.05) is 54.6 Å². The van der Waals surface area contributed by atoms with Gasteiger partial charge in [-0.15, -0.1) is 0 Å². The van der Waals surface area contributed by atoms with E-state index in [1.54, 1.807) is 4.90 Å². The summed E-state index contributed by atoms with van der Waals surface area (Å²) in [5.41, 5.74) is 4.18. The molecule has 0 amide bonds. The number of alkyl halides is 3. The highest BCUT2D eigenvalue weighted by atomic mass is 35.5. The third-order valence-corrected chi connectivity index (χ3v) is 11.3. The lowest BCUT2D eigenvalue weighted by molar-refractivity contribution is -0.141. The predicted molar refractivity (Wildman–Crippen MR) is 204 cm³/mol. The van der Waals surface area contributed by atoms with Crippen LogP contribution < -0.4 is 19.5 Å². The van der Waals surface area contributed by atoms with E-state index in [-0.39, 0.29) is 36.9 Å². The summed E-state index contributed by atoms with van der Waals surface area (Å²) in [4.78, 5) is 33.9. The van der Waals surface area contributed by atoms with Gasteiger partial charge in [0.1, 0.15) is 23.5 Å². The molecule has 2 N–H and O–H groups in total. The maximum atomic E-state index is 14.5. The highest BCUT2D eigenvalue weighted by molar-refractivity contribution is 6.36. The standard InChI is InChI=1S/C42H41ClF3N5O6/c1-55-38-27(23-51-16-14-26(22-51)41(53)54)19-34(42(44,45)46)40(50-38)57-36-13-11-30-29(4-2-5-31(30)36)32-6-3-7-33(37(32)43)35-12-9-25(39(49-35)56-17-15-47)21-48-20-24-8-10-28(52)18-24/h2-7,9,12,19,24,26,36,48H,8,10-11,13-14,16-18,20-23H2,1H3,(H,53,54)/t24-,26-,36+/m1/s1. The Morgan fingerprint density at radius 1 is 1.02 bits per heavy atom. The molecule has 0 radical (unpaired) electrons. The van der Waals surface area contributed by atoms with Gasteiger partial charge in [-0.1, -0.05) is 54.1 Å². The Balaban J connectivity index is 1.14. The number of Topliss-reactive ketones (excluding diaryl/α,β-unsaturated/α-hetero) is 1. The van der Waals surface area contributed by atoms with Crippen molar-refractivity contribution >= 4 is 23.4 Å². The van der Waals surface area contributed by atoms with E-state index in [0.29, 0.717) is 90.9 Å². The molecular formula is C42H41ClF3N5O6. The van der Waals surface area contributed by atoms with Crippen LogP contribution in [-0.2, 0) is 35.3 Å². The lowest BCUT2D eigenvalue weighted by atomic mass is 9.94. The van der Waals surface area contributed by atoms with Crippen LogP contribution in [0.15, 0.2) is 54.6 Å². The molecule has 298 valence electrons. The molecule has 3 heterocycles. The Bertz CT molecular complexity index is 2210. The van der Waals surface area contributed by atoms with Crippen molar-refractivity contribution in [2.75, 3.05) is 33.4 Å². The first-order chi connectivity index (χ1) is 27.4. The van der Waals surface area contributed by atoms with Crippen molar-refractivity contribution in [3.8, 4) is 46.1 Å². The number of benzene rings is 2. The summed E-state index contributed by atoms with van der Waals surface area (Å²) < 4.78 is 60.9. The number of carbonyl (C=O) groups is 2. The number of pyridine rings is 2. The van der Waals surface area contributed by atoms with Crippen molar-refractivity contribution in [3.05, 3.63) is 87.4 Å². The smallest absolute Gasteiger partial charge is 0.421 e. The molecule has 2 fully saturated rings. The quantitative estimate of drug-likeness (QED) is 0.129. The van der Waals surface area contributed by atoms with Gasteiger partial charge in [-0.05, 0) is 73.5 Å².